The largest absolute Gasteiger partial charge is 0.494 e. The zero-order chi connectivity index (χ0) is 12.5. The summed E-state index contributed by atoms with van der Waals surface area (Å²) in [7, 11) is -0.813. The molecule has 2 unspecified atom stereocenters. The van der Waals surface area contributed by atoms with E-state index in [1.54, 1.807) is 0 Å². The van der Waals surface area contributed by atoms with Crippen LogP contribution >= 0.6 is 0 Å². The number of hydrogen-bond donors (Lipinski definition) is 1. The molecule has 1 aromatic carbocycles. The fraction of sp³-hybridized carbons (Fsp3) is 0.538. The maximum atomic E-state index is 11.6. The molecule has 4 heteroatoms. The molecular formula is C13H21NO2S. The van der Waals surface area contributed by atoms with Crippen molar-refractivity contribution in [3.63, 3.8) is 0 Å². The molecule has 0 amide bonds. The highest BCUT2D eigenvalue weighted by Crippen LogP contribution is 2.08. The summed E-state index contributed by atoms with van der Waals surface area (Å²) in [5.41, 5.74) is 5.74. The molecule has 1 rings (SSSR count). The number of ether oxygens (including phenoxy) is 1. The van der Waals surface area contributed by atoms with Gasteiger partial charge in [0.15, 0.2) is 0 Å². The number of para-hydroxylation sites is 1. The second-order valence-corrected chi connectivity index (χ2v) is 5.62. The number of rotatable bonds is 8. The Labute approximate surface area is 106 Å². The highest BCUT2D eigenvalue weighted by atomic mass is 32.2. The maximum Gasteiger partial charge on any atom is 0.119 e. The van der Waals surface area contributed by atoms with Gasteiger partial charge >= 0.3 is 0 Å². The molecule has 2 atom stereocenters. The lowest BCUT2D eigenvalue weighted by Crippen LogP contribution is -2.27. The molecule has 0 aliphatic heterocycles. The van der Waals surface area contributed by atoms with E-state index in [2.05, 4.69) is 0 Å². The Balaban J connectivity index is 2.10. The van der Waals surface area contributed by atoms with Crippen LogP contribution in [0.3, 0.4) is 0 Å². The standard InChI is InChI=1S/C13H21NO2S/c1-2-12(14)11-17(15)10-6-9-16-13-7-4-3-5-8-13/h3-5,7-8,12H,2,6,9-11,14H2,1H3. The lowest BCUT2D eigenvalue weighted by Gasteiger charge is -2.09. The average molecular weight is 255 g/mol. The number of nitrogens with two attached hydrogens (primary N) is 1. The number of benzene rings is 1. The van der Waals surface area contributed by atoms with Gasteiger partial charge in [-0.2, -0.15) is 0 Å². The van der Waals surface area contributed by atoms with E-state index in [9.17, 15) is 4.21 Å². The molecular weight excluding hydrogens is 234 g/mol. The lowest BCUT2D eigenvalue weighted by molar-refractivity contribution is 0.318. The summed E-state index contributed by atoms with van der Waals surface area (Å²) in [5.74, 6) is 2.13. The predicted molar refractivity (Wildman–Crippen MR) is 72.7 cm³/mol. The first kappa shape index (κ1) is 14.2. The Morgan fingerprint density at radius 3 is 2.71 bits per heavy atom. The lowest BCUT2D eigenvalue weighted by atomic mass is 10.3. The Bertz CT molecular complexity index is 329. The van der Waals surface area contributed by atoms with E-state index in [1.807, 2.05) is 37.3 Å². The molecule has 17 heavy (non-hydrogen) atoms. The molecule has 2 N–H and O–H groups in total. The van der Waals surface area contributed by atoms with E-state index in [1.165, 1.54) is 0 Å². The normalized spacial score (nSPS) is 14.2. The molecule has 0 bridgehead atoms. The summed E-state index contributed by atoms with van der Waals surface area (Å²) >= 11 is 0. The van der Waals surface area contributed by atoms with Crippen molar-refractivity contribution in [3.8, 4) is 5.75 Å². The fourth-order valence-corrected chi connectivity index (χ4v) is 2.69. The van der Waals surface area contributed by atoms with Gasteiger partial charge in [0.2, 0.25) is 0 Å². The van der Waals surface area contributed by atoms with Crippen molar-refractivity contribution in [2.24, 2.45) is 5.73 Å². The Morgan fingerprint density at radius 2 is 2.06 bits per heavy atom. The highest BCUT2D eigenvalue weighted by Gasteiger charge is 2.05. The molecule has 0 radical (unpaired) electrons. The van der Waals surface area contributed by atoms with Crippen LogP contribution in [0.4, 0.5) is 0 Å². The SMILES string of the molecule is CCC(N)CS(=O)CCCOc1ccccc1. The topological polar surface area (TPSA) is 52.3 Å². The molecule has 0 saturated heterocycles. The first-order valence-corrected chi connectivity index (χ1v) is 7.49. The zero-order valence-corrected chi connectivity index (χ0v) is 11.1. The van der Waals surface area contributed by atoms with Crippen LogP contribution in [-0.4, -0.2) is 28.4 Å². The van der Waals surface area contributed by atoms with Crippen molar-refractivity contribution < 1.29 is 8.95 Å². The van der Waals surface area contributed by atoms with Crippen LogP contribution < -0.4 is 10.5 Å². The third-order valence-electron chi connectivity index (χ3n) is 2.45. The summed E-state index contributed by atoms with van der Waals surface area (Å²) in [5, 5.41) is 0. The molecule has 96 valence electrons. The van der Waals surface area contributed by atoms with Gasteiger partial charge in [-0.1, -0.05) is 25.1 Å². The first-order valence-electron chi connectivity index (χ1n) is 6.00. The summed E-state index contributed by atoms with van der Waals surface area (Å²) in [4.78, 5) is 0. The molecule has 0 fully saturated rings. The van der Waals surface area contributed by atoms with Crippen molar-refractivity contribution in [2.45, 2.75) is 25.8 Å². The van der Waals surface area contributed by atoms with Crippen LogP contribution in [0.25, 0.3) is 0 Å². The van der Waals surface area contributed by atoms with Gasteiger partial charge in [0.1, 0.15) is 5.75 Å². The van der Waals surface area contributed by atoms with Gasteiger partial charge in [-0.3, -0.25) is 4.21 Å². The Kier molecular flexibility index (Phi) is 6.89. The van der Waals surface area contributed by atoms with E-state index in [0.717, 1.165) is 18.6 Å². The third kappa shape index (κ3) is 6.44. The van der Waals surface area contributed by atoms with E-state index in [-0.39, 0.29) is 6.04 Å². The molecule has 0 aliphatic carbocycles. The van der Waals surface area contributed by atoms with E-state index in [0.29, 0.717) is 18.1 Å². The summed E-state index contributed by atoms with van der Waals surface area (Å²) in [6.45, 7) is 2.62. The van der Waals surface area contributed by atoms with Gasteiger partial charge in [0, 0.05) is 28.3 Å². The summed E-state index contributed by atoms with van der Waals surface area (Å²) in [6, 6.07) is 9.73. The summed E-state index contributed by atoms with van der Waals surface area (Å²) < 4.78 is 17.1. The van der Waals surface area contributed by atoms with Gasteiger partial charge in [-0.25, -0.2) is 0 Å². The second-order valence-electron chi connectivity index (χ2n) is 3.99. The smallest absolute Gasteiger partial charge is 0.119 e. The quantitative estimate of drug-likeness (QED) is 0.722. The second kappa shape index (κ2) is 8.25. The monoisotopic (exact) mass is 255 g/mol. The highest BCUT2D eigenvalue weighted by molar-refractivity contribution is 7.85. The van der Waals surface area contributed by atoms with Crippen LogP contribution in [0.15, 0.2) is 30.3 Å². The van der Waals surface area contributed by atoms with Crippen LogP contribution in [0.2, 0.25) is 0 Å². The van der Waals surface area contributed by atoms with Gasteiger partial charge in [0.25, 0.3) is 0 Å². The van der Waals surface area contributed by atoms with Crippen molar-refractivity contribution in [3.05, 3.63) is 30.3 Å². The molecule has 0 heterocycles. The average Bonchev–Trinajstić information content (AvgIpc) is 2.36. The minimum Gasteiger partial charge on any atom is -0.494 e. The first-order chi connectivity index (χ1) is 8.22. The van der Waals surface area contributed by atoms with Crippen molar-refractivity contribution in [2.75, 3.05) is 18.1 Å². The van der Waals surface area contributed by atoms with E-state index in [4.69, 9.17) is 10.5 Å². The van der Waals surface area contributed by atoms with Gasteiger partial charge in [-0.05, 0) is 25.0 Å². The molecule has 0 saturated carbocycles. The van der Waals surface area contributed by atoms with Gasteiger partial charge < -0.3 is 10.5 Å². The minimum absolute atomic E-state index is 0.0610. The minimum atomic E-state index is -0.813. The molecule has 0 spiro atoms. The van der Waals surface area contributed by atoms with Crippen molar-refractivity contribution >= 4 is 10.8 Å². The Morgan fingerprint density at radius 1 is 1.35 bits per heavy atom. The van der Waals surface area contributed by atoms with Gasteiger partial charge in [0.05, 0.1) is 6.61 Å². The number of hydrogen-bond acceptors (Lipinski definition) is 3. The fourth-order valence-electron chi connectivity index (χ4n) is 1.37. The predicted octanol–water partition coefficient (Wildman–Crippen LogP) is 1.94. The van der Waals surface area contributed by atoms with E-state index < -0.39 is 10.8 Å². The maximum absolute atomic E-state index is 11.6. The van der Waals surface area contributed by atoms with Crippen LogP contribution in [0.1, 0.15) is 19.8 Å². The third-order valence-corrected chi connectivity index (χ3v) is 4.00. The van der Waals surface area contributed by atoms with Gasteiger partial charge in [-0.15, -0.1) is 0 Å². The van der Waals surface area contributed by atoms with Crippen molar-refractivity contribution in [1.29, 1.82) is 0 Å². The molecule has 0 aromatic heterocycles. The van der Waals surface area contributed by atoms with E-state index >= 15 is 0 Å². The molecule has 0 aliphatic rings. The van der Waals surface area contributed by atoms with Crippen LogP contribution in [0.5, 0.6) is 5.75 Å². The van der Waals surface area contributed by atoms with Crippen molar-refractivity contribution in [1.82, 2.24) is 0 Å². The zero-order valence-electron chi connectivity index (χ0n) is 10.3. The molecule has 3 nitrogen and oxygen atoms in total. The summed E-state index contributed by atoms with van der Waals surface area (Å²) in [6.07, 6.45) is 1.68. The van der Waals surface area contributed by atoms with Crippen LogP contribution in [-0.2, 0) is 10.8 Å². The Hall–Kier alpha value is -0.870. The van der Waals surface area contributed by atoms with Crippen LogP contribution in [0, 0.1) is 0 Å². The molecule has 1 aromatic rings.